The Morgan fingerprint density at radius 1 is 1.50 bits per heavy atom. The van der Waals surface area contributed by atoms with E-state index in [-0.39, 0.29) is 11.8 Å². The van der Waals surface area contributed by atoms with Gasteiger partial charge in [0.2, 0.25) is 11.8 Å². The molecule has 1 saturated heterocycles. The predicted octanol–water partition coefficient (Wildman–Crippen LogP) is 1.16. The molecular formula is C12H22N2O2. The van der Waals surface area contributed by atoms with E-state index in [1.807, 2.05) is 20.8 Å². The smallest absolute Gasteiger partial charge is 0.245 e. The fourth-order valence-electron chi connectivity index (χ4n) is 1.77. The quantitative estimate of drug-likeness (QED) is 0.768. The number of hydrogen-bond donors (Lipinski definition) is 1. The summed E-state index contributed by atoms with van der Waals surface area (Å²) in [7, 11) is 0. The Balaban J connectivity index is 2.95. The first-order valence-corrected chi connectivity index (χ1v) is 5.84. The summed E-state index contributed by atoms with van der Waals surface area (Å²) < 4.78 is 0. The number of nitrogens with one attached hydrogen (secondary N) is 1. The molecule has 0 aromatic carbocycles. The lowest BCUT2D eigenvalue weighted by Gasteiger charge is -2.44. The summed E-state index contributed by atoms with van der Waals surface area (Å²) in [5, 5.41) is 2.79. The molecule has 0 saturated carbocycles. The first kappa shape index (κ1) is 13.0. The summed E-state index contributed by atoms with van der Waals surface area (Å²) >= 11 is 0. The molecule has 1 rings (SSSR count). The van der Waals surface area contributed by atoms with Gasteiger partial charge in [0.05, 0.1) is 0 Å². The minimum absolute atomic E-state index is 0.0647. The highest BCUT2D eigenvalue weighted by Crippen LogP contribution is 2.28. The summed E-state index contributed by atoms with van der Waals surface area (Å²) in [6.45, 7) is 10.6. The van der Waals surface area contributed by atoms with Crippen LogP contribution >= 0.6 is 0 Å². The van der Waals surface area contributed by atoms with Gasteiger partial charge in [0.25, 0.3) is 0 Å². The summed E-state index contributed by atoms with van der Waals surface area (Å²) in [4.78, 5) is 25.8. The van der Waals surface area contributed by atoms with Crippen molar-refractivity contribution in [2.45, 2.75) is 46.6 Å². The van der Waals surface area contributed by atoms with Crippen molar-refractivity contribution < 1.29 is 9.59 Å². The molecule has 0 aromatic heterocycles. The van der Waals surface area contributed by atoms with Crippen molar-refractivity contribution in [3.8, 4) is 0 Å². The highest BCUT2D eigenvalue weighted by Gasteiger charge is 2.44. The normalized spacial score (nSPS) is 20.6. The van der Waals surface area contributed by atoms with Crippen LogP contribution in [0.25, 0.3) is 0 Å². The average Bonchev–Trinajstić information content (AvgIpc) is 2.21. The monoisotopic (exact) mass is 226 g/mol. The minimum Gasteiger partial charge on any atom is -0.352 e. The third-order valence-electron chi connectivity index (χ3n) is 3.56. The molecule has 0 aromatic rings. The van der Waals surface area contributed by atoms with E-state index in [0.717, 1.165) is 6.42 Å². The van der Waals surface area contributed by atoms with Crippen molar-refractivity contribution in [2.75, 3.05) is 13.1 Å². The second-order valence-electron chi connectivity index (χ2n) is 5.51. The molecule has 4 nitrogen and oxygen atoms in total. The van der Waals surface area contributed by atoms with Crippen LogP contribution in [0, 0.1) is 5.41 Å². The molecule has 0 atom stereocenters. The second-order valence-corrected chi connectivity index (χ2v) is 5.51. The van der Waals surface area contributed by atoms with Gasteiger partial charge in [-0.05, 0) is 20.3 Å². The van der Waals surface area contributed by atoms with Gasteiger partial charge in [-0.1, -0.05) is 20.8 Å². The van der Waals surface area contributed by atoms with Crippen LogP contribution in [-0.2, 0) is 9.59 Å². The lowest BCUT2D eigenvalue weighted by molar-refractivity contribution is -0.155. The van der Waals surface area contributed by atoms with E-state index in [1.54, 1.807) is 18.7 Å². The molecule has 1 aliphatic heterocycles. The van der Waals surface area contributed by atoms with Crippen LogP contribution in [0.1, 0.15) is 41.0 Å². The molecule has 16 heavy (non-hydrogen) atoms. The van der Waals surface area contributed by atoms with E-state index < -0.39 is 11.0 Å². The summed E-state index contributed by atoms with van der Waals surface area (Å²) in [5.74, 6) is -0.00569. The fraction of sp³-hybridized carbons (Fsp3) is 0.833. The third-order valence-corrected chi connectivity index (χ3v) is 3.56. The van der Waals surface area contributed by atoms with Gasteiger partial charge in [-0.2, -0.15) is 0 Å². The van der Waals surface area contributed by atoms with E-state index in [0.29, 0.717) is 13.1 Å². The Morgan fingerprint density at radius 2 is 2.06 bits per heavy atom. The maximum Gasteiger partial charge on any atom is 0.245 e. The van der Waals surface area contributed by atoms with Gasteiger partial charge in [-0.3, -0.25) is 9.59 Å². The van der Waals surface area contributed by atoms with Gasteiger partial charge in [0.1, 0.15) is 5.54 Å². The van der Waals surface area contributed by atoms with Crippen LogP contribution in [0.2, 0.25) is 0 Å². The van der Waals surface area contributed by atoms with E-state index in [2.05, 4.69) is 5.32 Å². The molecule has 1 heterocycles. The van der Waals surface area contributed by atoms with Crippen LogP contribution in [-0.4, -0.2) is 35.3 Å². The zero-order chi connectivity index (χ0) is 12.6. The maximum atomic E-state index is 12.4. The first-order chi connectivity index (χ1) is 7.23. The largest absolute Gasteiger partial charge is 0.352 e. The molecule has 0 aliphatic carbocycles. The Kier molecular flexibility index (Phi) is 3.31. The summed E-state index contributed by atoms with van der Waals surface area (Å²) in [6, 6.07) is 0. The lowest BCUT2D eigenvalue weighted by Crippen LogP contribution is -2.65. The Bertz CT molecular complexity index is 308. The van der Waals surface area contributed by atoms with Crippen molar-refractivity contribution in [3.05, 3.63) is 0 Å². The van der Waals surface area contributed by atoms with E-state index in [9.17, 15) is 9.59 Å². The van der Waals surface area contributed by atoms with Crippen molar-refractivity contribution in [2.24, 2.45) is 5.41 Å². The number of carbonyl (C=O) groups is 2. The Labute approximate surface area is 97.4 Å². The van der Waals surface area contributed by atoms with Gasteiger partial charge < -0.3 is 10.2 Å². The number of rotatable bonds is 2. The predicted molar refractivity (Wildman–Crippen MR) is 62.9 cm³/mol. The SMILES string of the molecule is CCC(C)(C)C(=O)N1CCNC(=O)C1(C)C. The van der Waals surface area contributed by atoms with Gasteiger partial charge in [0, 0.05) is 18.5 Å². The molecule has 0 radical (unpaired) electrons. The van der Waals surface area contributed by atoms with Gasteiger partial charge in [0.15, 0.2) is 0 Å². The molecule has 1 N–H and O–H groups in total. The Morgan fingerprint density at radius 3 is 2.56 bits per heavy atom. The number of piperazine rings is 1. The Hall–Kier alpha value is -1.06. The summed E-state index contributed by atoms with van der Waals surface area (Å²) in [5.41, 5.74) is -1.13. The molecule has 4 heteroatoms. The zero-order valence-electron chi connectivity index (χ0n) is 10.9. The van der Waals surface area contributed by atoms with Crippen molar-refractivity contribution in [1.29, 1.82) is 0 Å². The van der Waals surface area contributed by atoms with Crippen LogP contribution in [0.15, 0.2) is 0 Å². The standard InChI is InChI=1S/C12H22N2O2/c1-6-11(2,3)10(16)14-8-7-13-9(15)12(14,4)5/h6-8H2,1-5H3,(H,13,15). The number of carbonyl (C=O) groups excluding carboxylic acids is 2. The van der Waals surface area contributed by atoms with Crippen molar-refractivity contribution in [3.63, 3.8) is 0 Å². The molecule has 0 spiro atoms. The van der Waals surface area contributed by atoms with Gasteiger partial charge >= 0.3 is 0 Å². The zero-order valence-corrected chi connectivity index (χ0v) is 10.9. The van der Waals surface area contributed by atoms with Crippen LogP contribution in [0.3, 0.4) is 0 Å². The van der Waals surface area contributed by atoms with E-state index in [4.69, 9.17) is 0 Å². The van der Waals surface area contributed by atoms with Crippen LogP contribution < -0.4 is 5.32 Å². The van der Waals surface area contributed by atoms with E-state index in [1.165, 1.54) is 0 Å². The van der Waals surface area contributed by atoms with Crippen LogP contribution in [0.5, 0.6) is 0 Å². The average molecular weight is 226 g/mol. The van der Waals surface area contributed by atoms with Gasteiger partial charge in [-0.15, -0.1) is 0 Å². The van der Waals surface area contributed by atoms with Crippen molar-refractivity contribution >= 4 is 11.8 Å². The minimum atomic E-state index is -0.734. The topological polar surface area (TPSA) is 49.4 Å². The third kappa shape index (κ3) is 2.06. The lowest BCUT2D eigenvalue weighted by atomic mass is 9.85. The molecule has 1 aliphatic rings. The summed E-state index contributed by atoms with van der Waals surface area (Å²) in [6.07, 6.45) is 0.778. The number of amides is 2. The molecule has 1 fully saturated rings. The highest BCUT2D eigenvalue weighted by molar-refractivity contribution is 5.93. The molecular weight excluding hydrogens is 204 g/mol. The highest BCUT2D eigenvalue weighted by atomic mass is 16.2. The molecule has 92 valence electrons. The van der Waals surface area contributed by atoms with Gasteiger partial charge in [-0.25, -0.2) is 0 Å². The van der Waals surface area contributed by atoms with Crippen LogP contribution in [0.4, 0.5) is 0 Å². The first-order valence-electron chi connectivity index (χ1n) is 5.84. The van der Waals surface area contributed by atoms with Crippen molar-refractivity contribution in [1.82, 2.24) is 10.2 Å². The fourth-order valence-corrected chi connectivity index (χ4v) is 1.77. The maximum absolute atomic E-state index is 12.4. The second kappa shape index (κ2) is 4.07. The number of hydrogen-bond acceptors (Lipinski definition) is 2. The molecule has 0 unspecified atom stereocenters. The molecule has 2 amide bonds. The number of nitrogens with zero attached hydrogens (tertiary/aromatic N) is 1. The molecule has 0 bridgehead atoms. The van der Waals surface area contributed by atoms with E-state index >= 15 is 0 Å².